The molecule has 1 saturated heterocycles. The predicted octanol–water partition coefficient (Wildman–Crippen LogP) is 2.75. The second-order valence-corrected chi connectivity index (χ2v) is 9.09. The number of anilines is 1. The molecule has 0 bridgehead atoms. The SMILES string of the molecule is COc1ccc(CN2CCN(c3ccc(-c4cc(OCC(C)O)cn5ncc(C#N)c45)cn3)CC2)cn1. The van der Waals surface area contributed by atoms with E-state index in [0.717, 1.165) is 49.7 Å². The van der Waals surface area contributed by atoms with Crippen LogP contribution in [0.1, 0.15) is 18.1 Å². The van der Waals surface area contributed by atoms with Gasteiger partial charge in [-0.3, -0.25) is 4.90 Å². The van der Waals surface area contributed by atoms with Crippen molar-refractivity contribution in [1.82, 2.24) is 24.5 Å². The summed E-state index contributed by atoms with van der Waals surface area (Å²) in [6.45, 7) is 6.30. The number of aromatic nitrogens is 4. The molecule has 1 aliphatic rings. The topological polar surface area (TPSA) is 112 Å². The molecule has 0 aliphatic carbocycles. The van der Waals surface area contributed by atoms with E-state index in [9.17, 15) is 10.4 Å². The lowest BCUT2D eigenvalue weighted by atomic mass is 10.1. The van der Waals surface area contributed by atoms with Crippen molar-refractivity contribution in [2.24, 2.45) is 0 Å². The molecule has 0 saturated carbocycles. The summed E-state index contributed by atoms with van der Waals surface area (Å²) in [5.74, 6) is 2.10. The molecule has 1 unspecified atom stereocenters. The highest BCUT2D eigenvalue weighted by Gasteiger charge is 2.19. The van der Waals surface area contributed by atoms with Crippen molar-refractivity contribution in [3.8, 4) is 28.8 Å². The normalized spacial score (nSPS) is 14.9. The van der Waals surface area contributed by atoms with Gasteiger partial charge in [-0.15, -0.1) is 0 Å². The lowest BCUT2D eigenvalue weighted by Crippen LogP contribution is -2.46. The third-order valence-corrected chi connectivity index (χ3v) is 6.37. The van der Waals surface area contributed by atoms with E-state index < -0.39 is 6.10 Å². The van der Waals surface area contributed by atoms with Crippen LogP contribution in [0.2, 0.25) is 0 Å². The molecule has 0 amide bonds. The first kappa shape index (κ1) is 24.5. The number of rotatable bonds is 8. The summed E-state index contributed by atoms with van der Waals surface area (Å²) in [4.78, 5) is 13.7. The number of piperazine rings is 1. The summed E-state index contributed by atoms with van der Waals surface area (Å²) in [7, 11) is 1.62. The van der Waals surface area contributed by atoms with Crippen LogP contribution >= 0.6 is 0 Å². The zero-order valence-electron chi connectivity index (χ0n) is 20.9. The molecule has 1 atom stereocenters. The van der Waals surface area contributed by atoms with E-state index in [1.165, 1.54) is 5.56 Å². The molecule has 10 heteroatoms. The number of nitriles is 1. The van der Waals surface area contributed by atoms with Gasteiger partial charge in [0, 0.05) is 62.3 Å². The van der Waals surface area contributed by atoms with Gasteiger partial charge in [0.2, 0.25) is 5.88 Å². The van der Waals surface area contributed by atoms with Gasteiger partial charge in [0.15, 0.2) is 0 Å². The van der Waals surface area contributed by atoms with E-state index in [0.29, 0.717) is 22.7 Å². The van der Waals surface area contributed by atoms with E-state index in [1.807, 2.05) is 36.7 Å². The van der Waals surface area contributed by atoms with Gasteiger partial charge < -0.3 is 19.5 Å². The highest BCUT2D eigenvalue weighted by molar-refractivity contribution is 5.85. The van der Waals surface area contributed by atoms with Crippen molar-refractivity contribution < 1.29 is 14.6 Å². The van der Waals surface area contributed by atoms with Crippen LogP contribution in [0.5, 0.6) is 11.6 Å². The molecule has 1 fully saturated rings. The molecule has 1 aliphatic heterocycles. The Morgan fingerprint density at radius 2 is 1.92 bits per heavy atom. The van der Waals surface area contributed by atoms with E-state index in [4.69, 9.17) is 14.5 Å². The molecule has 37 heavy (non-hydrogen) atoms. The van der Waals surface area contributed by atoms with Gasteiger partial charge in [0.25, 0.3) is 0 Å². The average molecular weight is 500 g/mol. The number of fused-ring (bicyclic) bond motifs is 1. The first-order valence-electron chi connectivity index (χ1n) is 12.2. The van der Waals surface area contributed by atoms with Gasteiger partial charge in [-0.1, -0.05) is 6.07 Å². The summed E-state index contributed by atoms with van der Waals surface area (Å²) in [5, 5.41) is 23.5. The third-order valence-electron chi connectivity index (χ3n) is 6.37. The van der Waals surface area contributed by atoms with Crippen LogP contribution in [0.3, 0.4) is 0 Å². The van der Waals surface area contributed by atoms with E-state index in [2.05, 4.69) is 32.0 Å². The Balaban J connectivity index is 1.30. The zero-order chi connectivity index (χ0) is 25.8. The quantitative estimate of drug-likeness (QED) is 0.391. The van der Waals surface area contributed by atoms with Crippen LogP contribution in [0.25, 0.3) is 16.6 Å². The minimum atomic E-state index is -0.597. The lowest BCUT2D eigenvalue weighted by Gasteiger charge is -2.35. The summed E-state index contributed by atoms with van der Waals surface area (Å²) in [6, 6.07) is 12.1. The summed E-state index contributed by atoms with van der Waals surface area (Å²) < 4.78 is 12.5. The largest absolute Gasteiger partial charge is 0.489 e. The maximum atomic E-state index is 9.60. The fourth-order valence-corrected chi connectivity index (χ4v) is 4.45. The molecule has 0 aromatic carbocycles. The predicted molar refractivity (Wildman–Crippen MR) is 139 cm³/mol. The van der Waals surface area contributed by atoms with Crippen LogP contribution in [-0.2, 0) is 6.54 Å². The number of hydrogen-bond donors (Lipinski definition) is 1. The maximum absolute atomic E-state index is 9.60. The van der Waals surface area contributed by atoms with Crippen molar-refractivity contribution in [2.75, 3.05) is 44.8 Å². The molecule has 5 rings (SSSR count). The van der Waals surface area contributed by atoms with Crippen LogP contribution in [0.15, 0.2) is 55.1 Å². The van der Waals surface area contributed by atoms with Crippen molar-refractivity contribution >= 4 is 11.3 Å². The van der Waals surface area contributed by atoms with Gasteiger partial charge >= 0.3 is 0 Å². The number of methoxy groups -OCH3 is 1. The zero-order valence-corrected chi connectivity index (χ0v) is 20.9. The molecule has 4 aromatic rings. The highest BCUT2D eigenvalue weighted by Crippen LogP contribution is 2.31. The van der Waals surface area contributed by atoms with Gasteiger partial charge in [0.1, 0.15) is 24.2 Å². The fraction of sp³-hybridized carbons (Fsp3) is 0.333. The Morgan fingerprint density at radius 3 is 2.57 bits per heavy atom. The summed E-state index contributed by atoms with van der Waals surface area (Å²) in [6.07, 6.45) is 6.35. The molecule has 190 valence electrons. The summed E-state index contributed by atoms with van der Waals surface area (Å²) >= 11 is 0. The molecule has 5 heterocycles. The minimum Gasteiger partial charge on any atom is -0.489 e. The lowest BCUT2D eigenvalue weighted by molar-refractivity contribution is 0.122. The average Bonchev–Trinajstić information content (AvgIpc) is 3.35. The second-order valence-electron chi connectivity index (χ2n) is 9.09. The first-order chi connectivity index (χ1) is 18.0. The number of pyridine rings is 3. The highest BCUT2D eigenvalue weighted by atomic mass is 16.5. The fourth-order valence-electron chi connectivity index (χ4n) is 4.45. The molecule has 0 spiro atoms. The molecular weight excluding hydrogens is 470 g/mol. The van der Waals surface area contributed by atoms with Crippen LogP contribution < -0.4 is 14.4 Å². The standard InChI is InChI=1S/C27H29N7O3/c1-19(35)18-37-23-11-24(27-22(12-28)15-31-34(27)17-23)21-4-5-25(29-14-21)33-9-7-32(8-10-33)16-20-3-6-26(36-2)30-13-20/h3-6,11,13-15,17,19,35H,7-10,16,18H2,1-2H3. The van der Waals surface area contributed by atoms with E-state index in [1.54, 1.807) is 30.9 Å². The van der Waals surface area contributed by atoms with Gasteiger partial charge in [-0.05, 0) is 30.7 Å². The second kappa shape index (κ2) is 10.8. The van der Waals surface area contributed by atoms with Crippen LogP contribution in [0.4, 0.5) is 5.82 Å². The van der Waals surface area contributed by atoms with Crippen molar-refractivity contribution in [3.63, 3.8) is 0 Å². The number of ether oxygens (including phenoxy) is 2. The molecule has 4 aromatic heterocycles. The van der Waals surface area contributed by atoms with Crippen molar-refractivity contribution in [2.45, 2.75) is 19.6 Å². The first-order valence-corrected chi connectivity index (χ1v) is 12.2. The minimum absolute atomic E-state index is 0.162. The number of aliphatic hydroxyl groups is 1. The van der Waals surface area contributed by atoms with Crippen molar-refractivity contribution in [1.29, 1.82) is 5.26 Å². The van der Waals surface area contributed by atoms with E-state index in [-0.39, 0.29) is 6.61 Å². The Morgan fingerprint density at radius 1 is 1.08 bits per heavy atom. The Kier molecular flexibility index (Phi) is 7.16. The van der Waals surface area contributed by atoms with Crippen LogP contribution in [0, 0.1) is 11.3 Å². The third kappa shape index (κ3) is 5.48. The monoisotopic (exact) mass is 499 g/mol. The van der Waals surface area contributed by atoms with E-state index >= 15 is 0 Å². The smallest absolute Gasteiger partial charge is 0.212 e. The van der Waals surface area contributed by atoms with Gasteiger partial charge in [0.05, 0.1) is 36.7 Å². The number of aliphatic hydroxyl groups excluding tert-OH is 1. The maximum Gasteiger partial charge on any atom is 0.212 e. The summed E-state index contributed by atoms with van der Waals surface area (Å²) in [5.41, 5.74) is 4.00. The molecule has 10 nitrogen and oxygen atoms in total. The molecule has 0 radical (unpaired) electrons. The van der Waals surface area contributed by atoms with Crippen molar-refractivity contribution in [3.05, 3.63) is 66.2 Å². The number of nitrogens with zero attached hydrogens (tertiary/aromatic N) is 7. The van der Waals surface area contributed by atoms with Gasteiger partial charge in [-0.2, -0.15) is 10.4 Å². The number of hydrogen-bond acceptors (Lipinski definition) is 9. The molecular formula is C27H29N7O3. The Bertz CT molecular complexity index is 1390. The van der Waals surface area contributed by atoms with Gasteiger partial charge in [-0.25, -0.2) is 14.5 Å². The Labute approximate surface area is 215 Å². The Hall–Kier alpha value is -4.20. The molecule has 1 N–H and O–H groups in total. The van der Waals surface area contributed by atoms with Crippen LogP contribution in [-0.4, -0.2) is 75.6 Å².